The fourth-order valence-corrected chi connectivity index (χ4v) is 1.75. The summed E-state index contributed by atoms with van der Waals surface area (Å²) in [6.45, 7) is -1.83. The molecule has 19 heavy (non-hydrogen) atoms. The minimum atomic E-state index is -4.40. The molecule has 0 spiro atoms. The second-order valence-electron chi connectivity index (χ2n) is 3.52. The van der Waals surface area contributed by atoms with Gasteiger partial charge in [-0.3, -0.25) is 4.79 Å². The van der Waals surface area contributed by atoms with E-state index in [0.29, 0.717) is 0 Å². The van der Waals surface area contributed by atoms with Crippen LogP contribution in [0.5, 0.6) is 0 Å². The minimum absolute atomic E-state index is 0.143. The summed E-state index contributed by atoms with van der Waals surface area (Å²) in [7, 11) is 0. The van der Waals surface area contributed by atoms with Crippen molar-refractivity contribution in [3.8, 4) is 0 Å². The van der Waals surface area contributed by atoms with Gasteiger partial charge in [0.25, 0.3) is 5.91 Å². The van der Waals surface area contributed by atoms with Crippen LogP contribution in [0.1, 0.15) is 10.4 Å². The van der Waals surface area contributed by atoms with Crippen molar-refractivity contribution in [2.24, 2.45) is 0 Å². The highest BCUT2D eigenvalue weighted by Gasteiger charge is 2.27. The van der Waals surface area contributed by atoms with Crippen molar-refractivity contribution in [1.29, 1.82) is 0 Å². The molecule has 0 radical (unpaired) electrons. The van der Waals surface area contributed by atoms with Gasteiger partial charge in [-0.2, -0.15) is 13.2 Å². The van der Waals surface area contributed by atoms with E-state index < -0.39 is 24.5 Å². The van der Waals surface area contributed by atoms with Gasteiger partial charge in [-0.15, -0.1) is 0 Å². The lowest BCUT2D eigenvalue weighted by atomic mass is 10.2. The number of amides is 1. The maximum absolute atomic E-state index is 13.4. The molecule has 1 aromatic carbocycles. The highest BCUT2D eigenvalue weighted by Crippen LogP contribution is 2.19. The van der Waals surface area contributed by atoms with Gasteiger partial charge in [-0.25, -0.2) is 4.39 Å². The summed E-state index contributed by atoms with van der Waals surface area (Å²) in [5, 5.41) is 2.27. The highest BCUT2D eigenvalue weighted by molar-refractivity contribution is 9.10. The Hall–Kier alpha value is -1.15. The molecular weight excluding hydrogens is 334 g/mol. The third kappa shape index (κ3) is 5.56. The fraction of sp³-hybridized carbons (Fsp3) is 0.364. The van der Waals surface area contributed by atoms with Crippen molar-refractivity contribution < 1.29 is 27.1 Å². The molecule has 1 aromatic rings. The molecular formula is C11H10BrF4NO2. The molecule has 0 heterocycles. The Bertz CT molecular complexity index is 431. The molecule has 1 rings (SSSR count). The van der Waals surface area contributed by atoms with E-state index in [1.807, 2.05) is 0 Å². The van der Waals surface area contributed by atoms with Gasteiger partial charge in [-0.05, 0) is 28.1 Å². The third-order valence-electron chi connectivity index (χ3n) is 1.99. The maximum Gasteiger partial charge on any atom is 0.411 e. The van der Waals surface area contributed by atoms with Crippen LogP contribution in [-0.4, -0.2) is 31.8 Å². The first kappa shape index (κ1) is 15.9. The number of benzene rings is 1. The molecule has 0 atom stereocenters. The Labute approximate surface area is 115 Å². The zero-order chi connectivity index (χ0) is 14.5. The average molecular weight is 344 g/mol. The number of halogens is 5. The number of carbonyl (C=O) groups is 1. The summed E-state index contributed by atoms with van der Waals surface area (Å²) in [6, 6.07) is 4.01. The van der Waals surface area contributed by atoms with E-state index in [4.69, 9.17) is 0 Å². The number of carbonyl (C=O) groups excluding carboxylic acids is 1. The maximum atomic E-state index is 13.4. The van der Waals surface area contributed by atoms with Gasteiger partial charge in [0.15, 0.2) is 0 Å². The Morgan fingerprint density at radius 3 is 2.63 bits per heavy atom. The molecule has 106 valence electrons. The Morgan fingerprint density at radius 2 is 2.05 bits per heavy atom. The largest absolute Gasteiger partial charge is 0.411 e. The first-order chi connectivity index (χ1) is 8.81. The SMILES string of the molecule is O=C(NCCOCC(F)(F)F)c1c(F)cccc1Br. The van der Waals surface area contributed by atoms with Crippen molar-refractivity contribution in [1.82, 2.24) is 5.32 Å². The van der Waals surface area contributed by atoms with E-state index >= 15 is 0 Å². The normalized spacial score (nSPS) is 11.4. The predicted molar refractivity (Wildman–Crippen MR) is 63.3 cm³/mol. The summed E-state index contributed by atoms with van der Waals surface area (Å²) in [6.07, 6.45) is -4.40. The van der Waals surface area contributed by atoms with Gasteiger partial charge in [-0.1, -0.05) is 6.07 Å². The van der Waals surface area contributed by atoms with Gasteiger partial charge >= 0.3 is 6.18 Å². The quantitative estimate of drug-likeness (QED) is 0.659. The van der Waals surface area contributed by atoms with Crippen molar-refractivity contribution in [3.63, 3.8) is 0 Å². The number of rotatable bonds is 5. The molecule has 0 unspecified atom stereocenters. The number of hydrogen-bond acceptors (Lipinski definition) is 2. The molecule has 8 heteroatoms. The van der Waals surface area contributed by atoms with Crippen LogP contribution in [0.2, 0.25) is 0 Å². The van der Waals surface area contributed by atoms with Crippen LogP contribution in [0.15, 0.2) is 22.7 Å². The van der Waals surface area contributed by atoms with E-state index in [9.17, 15) is 22.4 Å². The van der Waals surface area contributed by atoms with Crippen molar-refractivity contribution in [2.45, 2.75) is 6.18 Å². The molecule has 1 N–H and O–H groups in total. The summed E-state index contributed by atoms with van der Waals surface area (Å²) in [5.74, 6) is -1.44. The molecule has 0 fully saturated rings. The smallest absolute Gasteiger partial charge is 0.370 e. The molecule has 0 bridgehead atoms. The zero-order valence-electron chi connectivity index (χ0n) is 9.56. The van der Waals surface area contributed by atoms with E-state index in [2.05, 4.69) is 26.0 Å². The van der Waals surface area contributed by atoms with Crippen LogP contribution < -0.4 is 5.32 Å². The molecule has 3 nitrogen and oxygen atoms in total. The Morgan fingerprint density at radius 1 is 1.37 bits per heavy atom. The first-order valence-electron chi connectivity index (χ1n) is 5.18. The summed E-state index contributed by atoms with van der Waals surface area (Å²) in [4.78, 5) is 11.6. The summed E-state index contributed by atoms with van der Waals surface area (Å²) >= 11 is 3.02. The van der Waals surface area contributed by atoms with Crippen molar-refractivity contribution >= 4 is 21.8 Å². The molecule has 0 saturated heterocycles. The zero-order valence-corrected chi connectivity index (χ0v) is 11.1. The molecule has 1 amide bonds. The van der Waals surface area contributed by atoms with Gasteiger partial charge in [0.1, 0.15) is 12.4 Å². The third-order valence-corrected chi connectivity index (χ3v) is 2.65. The van der Waals surface area contributed by atoms with Crippen molar-refractivity contribution in [2.75, 3.05) is 19.8 Å². The van der Waals surface area contributed by atoms with E-state index in [0.717, 1.165) is 6.07 Å². The van der Waals surface area contributed by atoms with Crippen LogP contribution >= 0.6 is 15.9 Å². The number of hydrogen-bond donors (Lipinski definition) is 1. The molecule has 0 aliphatic heterocycles. The van der Waals surface area contributed by atoms with Gasteiger partial charge in [0.05, 0.1) is 12.2 Å². The van der Waals surface area contributed by atoms with Crippen LogP contribution in [-0.2, 0) is 4.74 Å². The van der Waals surface area contributed by atoms with E-state index in [1.54, 1.807) is 0 Å². The highest BCUT2D eigenvalue weighted by atomic mass is 79.9. The lowest BCUT2D eigenvalue weighted by Crippen LogP contribution is -2.29. The molecule has 0 saturated carbocycles. The molecule has 0 aliphatic carbocycles. The number of ether oxygens (including phenoxy) is 1. The lowest BCUT2D eigenvalue weighted by Gasteiger charge is -2.09. The standard InChI is InChI=1S/C11H10BrF4NO2/c12-7-2-1-3-8(13)9(7)10(18)17-4-5-19-6-11(14,15)16/h1-3H,4-6H2,(H,17,18). The second kappa shape index (κ2) is 6.85. The average Bonchev–Trinajstić information content (AvgIpc) is 2.26. The Balaban J connectivity index is 2.40. The topological polar surface area (TPSA) is 38.3 Å². The monoisotopic (exact) mass is 343 g/mol. The predicted octanol–water partition coefficient (Wildman–Crippen LogP) is 2.90. The second-order valence-corrected chi connectivity index (χ2v) is 4.37. The number of alkyl halides is 3. The fourth-order valence-electron chi connectivity index (χ4n) is 1.23. The van der Waals surface area contributed by atoms with E-state index in [1.165, 1.54) is 12.1 Å². The first-order valence-corrected chi connectivity index (χ1v) is 5.97. The van der Waals surface area contributed by atoms with Gasteiger partial charge in [0.2, 0.25) is 0 Å². The van der Waals surface area contributed by atoms with Crippen LogP contribution in [0.3, 0.4) is 0 Å². The van der Waals surface area contributed by atoms with Gasteiger partial charge in [0, 0.05) is 11.0 Å². The Kier molecular flexibility index (Phi) is 5.74. The van der Waals surface area contributed by atoms with E-state index in [-0.39, 0.29) is 23.2 Å². The van der Waals surface area contributed by atoms with Crippen LogP contribution in [0.25, 0.3) is 0 Å². The van der Waals surface area contributed by atoms with Crippen LogP contribution in [0, 0.1) is 5.82 Å². The summed E-state index contributed by atoms with van der Waals surface area (Å²) < 4.78 is 53.2. The number of nitrogens with one attached hydrogen (secondary N) is 1. The summed E-state index contributed by atoms with van der Waals surface area (Å²) in [5.41, 5.74) is -0.196. The lowest BCUT2D eigenvalue weighted by molar-refractivity contribution is -0.173. The molecule has 0 aromatic heterocycles. The van der Waals surface area contributed by atoms with Gasteiger partial charge < -0.3 is 10.1 Å². The molecule has 0 aliphatic rings. The minimum Gasteiger partial charge on any atom is -0.370 e. The van der Waals surface area contributed by atoms with Crippen LogP contribution in [0.4, 0.5) is 17.6 Å². The van der Waals surface area contributed by atoms with Crippen molar-refractivity contribution in [3.05, 3.63) is 34.1 Å².